The molecule has 0 atom stereocenters. The van der Waals surface area contributed by atoms with Gasteiger partial charge in [-0.05, 0) is 23.3 Å². The van der Waals surface area contributed by atoms with E-state index in [1.165, 1.54) is 12.1 Å². The molecule has 0 bridgehead atoms. The van der Waals surface area contributed by atoms with Crippen LogP contribution in [0.3, 0.4) is 0 Å². The van der Waals surface area contributed by atoms with Gasteiger partial charge in [-0.25, -0.2) is 0 Å². The van der Waals surface area contributed by atoms with Crippen molar-refractivity contribution in [3.05, 3.63) is 54.6 Å². The van der Waals surface area contributed by atoms with Crippen molar-refractivity contribution in [3.63, 3.8) is 0 Å². The van der Waals surface area contributed by atoms with Gasteiger partial charge in [-0.15, -0.1) is 4.28 Å². The predicted molar refractivity (Wildman–Crippen MR) is 83.4 cm³/mol. The summed E-state index contributed by atoms with van der Waals surface area (Å²) in [5.74, 6) is -0.680. The second-order valence-corrected chi connectivity index (χ2v) is 5.23. The third kappa shape index (κ3) is 5.56. The summed E-state index contributed by atoms with van der Waals surface area (Å²) in [5.41, 5.74) is 2.07. The van der Waals surface area contributed by atoms with Crippen molar-refractivity contribution in [2.45, 2.75) is 6.92 Å². The third-order valence-corrected chi connectivity index (χ3v) is 3.00. The summed E-state index contributed by atoms with van der Waals surface area (Å²) >= 11 is 0. The van der Waals surface area contributed by atoms with Crippen LogP contribution in [0.1, 0.15) is 6.92 Å². The third-order valence-electron chi connectivity index (χ3n) is 2.66. The van der Waals surface area contributed by atoms with E-state index in [9.17, 15) is 13.2 Å². The van der Waals surface area contributed by atoms with Gasteiger partial charge in [0.1, 0.15) is 0 Å². The topological polar surface area (TPSA) is 83.9 Å². The van der Waals surface area contributed by atoms with Crippen LogP contribution < -0.4 is 5.06 Å². The zero-order valence-corrected chi connectivity index (χ0v) is 16.1. The first-order valence-electron chi connectivity index (χ1n) is 6.00. The second-order valence-electron chi connectivity index (χ2n) is 4.23. The Morgan fingerprint density at radius 1 is 1.00 bits per heavy atom. The molecule has 0 saturated carbocycles. The zero-order chi connectivity index (χ0) is 15.5. The summed E-state index contributed by atoms with van der Waals surface area (Å²) < 4.78 is 34.4. The average molecular weight is 346 g/mol. The molecule has 0 heterocycles. The summed E-state index contributed by atoms with van der Waals surface area (Å²) in [6, 6.07) is 16.0. The predicted octanol–water partition coefficient (Wildman–Crippen LogP) is 2.06. The van der Waals surface area contributed by atoms with Crippen LogP contribution in [0.25, 0.3) is 11.1 Å². The summed E-state index contributed by atoms with van der Waals surface area (Å²) in [5, 5.41) is 0.504. The number of carbonyl (C=O) groups is 1. The molecule has 111 valence electrons. The molecule has 0 saturated heterocycles. The molecule has 1 amide bonds. The number of hydroxylamine groups is 1. The van der Waals surface area contributed by atoms with E-state index in [1.807, 2.05) is 30.3 Å². The maximum Gasteiger partial charge on any atom is 0.418 e. The van der Waals surface area contributed by atoms with Gasteiger partial charge in [-0.3, -0.25) is 9.35 Å². The summed E-state index contributed by atoms with van der Waals surface area (Å²) in [7, 11) is -4.77. The quantitative estimate of drug-likeness (QED) is 0.520. The van der Waals surface area contributed by atoms with Crippen molar-refractivity contribution in [1.82, 2.24) is 0 Å². The van der Waals surface area contributed by atoms with E-state index in [-0.39, 0.29) is 57.1 Å². The smallest absolute Gasteiger partial charge is 0.272 e. The fourth-order valence-electron chi connectivity index (χ4n) is 1.79. The van der Waals surface area contributed by atoms with Crippen LogP contribution in [-0.2, 0) is 19.5 Å². The molecule has 0 spiro atoms. The molecule has 0 aliphatic rings. The Morgan fingerprint density at radius 3 is 1.95 bits per heavy atom. The van der Waals surface area contributed by atoms with E-state index in [0.717, 1.165) is 18.1 Å². The van der Waals surface area contributed by atoms with Crippen molar-refractivity contribution in [2.75, 3.05) is 5.06 Å². The maximum absolute atomic E-state index is 11.4. The van der Waals surface area contributed by atoms with E-state index in [4.69, 9.17) is 4.55 Å². The first kappa shape index (κ1) is 19.5. The monoisotopic (exact) mass is 346 g/mol. The molecule has 6 nitrogen and oxygen atoms in total. The maximum atomic E-state index is 11.4. The van der Waals surface area contributed by atoms with E-state index in [1.54, 1.807) is 12.1 Å². The molecular weight excluding hydrogens is 333 g/mol. The number of benzene rings is 2. The normalized spacial score (nSPS) is 10.6. The molecule has 0 aromatic heterocycles. The summed E-state index contributed by atoms with van der Waals surface area (Å²) in [4.78, 5) is 11.4. The van der Waals surface area contributed by atoms with Gasteiger partial charge in [-0.2, -0.15) is 13.5 Å². The molecule has 2 rings (SSSR count). The Bertz CT molecular complexity index is 732. The van der Waals surface area contributed by atoms with E-state index < -0.39 is 16.3 Å². The standard InChI is InChI=1S/C14H13NO5S.K/c1-11(16)15(20-21(17,18)19)14-9-7-13(8-10-14)12-5-3-2-4-6-12;/h2-10H,1H3,(H,17,18,19);. The van der Waals surface area contributed by atoms with Gasteiger partial charge in [0.15, 0.2) is 0 Å². The van der Waals surface area contributed by atoms with Crippen LogP contribution in [0.2, 0.25) is 0 Å². The Morgan fingerprint density at radius 2 is 1.50 bits per heavy atom. The van der Waals surface area contributed by atoms with Gasteiger partial charge in [0.05, 0.1) is 5.69 Å². The number of nitrogens with zero attached hydrogens (tertiary/aromatic N) is 1. The molecule has 2 aromatic rings. The van der Waals surface area contributed by atoms with Crippen molar-refractivity contribution < 1.29 is 22.0 Å². The fraction of sp³-hybridized carbons (Fsp3) is 0.0714. The van der Waals surface area contributed by atoms with Gasteiger partial charge < -0.3 is 0 Å². The fourth-order valence-corrected chi connectivity index (χ4v) is 2.17. The Balaban J connectivity index is 0.00000242. The number of hydrogen-bond acceptors (Lipinski definition) is 4. The van der Waals surface area contributed by atoms with Gasteiger partial charge in [-0.1, -0.05) is 42.5 Å². The molecule has 22 heavy (non-hydrogen) atoms. The molecular formula is C14H13KNO5S. The van der Waals surface area contributed by atoms with Crippen LogP contribution in [0.5, 0.6) is 0 Å². The number of amides is 1. The van der Waals surface area contributed by atoms with Gasteiger partial charge >= 0.3 is 10.4 Å². The van der Waals surface area contributed by atoms with E-state index in [2.05, 4.69) is 4.28 Å². The van der Waals surface area contributed by atoms with Crippen molar-refractivity contribution >= 4 is 73.4 Å². The molecule has 0 unspecified atom stereocenters. The number of anilines is 1. The minimum atomic E-state index is -4.77. The van der Waals surface area contributed by atoms with E-state index in [0.29, 0.717) is 5.06 Å². The van der Waals surface area contributed by atoms with Crippen LogP contribution >= 0.6 is 0 Å². The number of rotatable bonds is 4. The van der Waals surface area contributed by atoms with Crippen molar-refractivity contribution in [3.8, 4) is 11.1 Å². The van der Waals surface area contributed by atoms with Crippen LogP contribution in [0.4, 0.5) is 5.69 Å². The minimum Gasteiger partial charge on any atom is -0.272 e. The Labute approximate surface area is 171 Å². The summed E-state index contributed by atoms with van der Waals surface area (Å²) in [6.45, 7) is 1.12. The second kappa shape index (κ2) is 8.32. The van der Waals surface area contributed by atoms with Gasteiger partial charge in [0, 0.05) is 58.3 Å². The Hall–Kier alpha value is -0.584. The molecule has 2 aromatic carbocycles. The molecule has 0 aliphatic carbocycles. The minimum absolute atomic E-state index is 0. The first-order chi connectivity index (χ1) is 9.87. The van der Waals surface area contributed by atoms with Crippen molar-refractivity contribution in [2.24, 2.45) is 0 Å². The largest absolute Gasteiger partial charge is 0.418 e. The Kier molecular flexibility index (Phi) is 7.36. The molecule has 0 aliphatic heterocycles. The molecule has 8 heteroatoms. The number of carbonyl (C=O) groups excluding carboxylic acids is 1. The van der Waals surface area contributed by atoms with Gasteiger partial charge in [0.2, 0.25) is 5.91 Å². The van der Waals surface area contributed by atoms with Crippen LogP contribution in [-0.4, -0.2) is 70.3 Å². The van der Waals surface area contributed by atoms with Crippen LogP contribution in [0.15, 0.2) is 54.6 Å². The van der Waals surface area contributed by atoms with Gasteiger partial charge in [0.25, 0.3) is 0 Å². The summed E-state index contributed by atoms with van der Waals surface area (Å²) in [6.07, 6.45) is 0. The SMILES string of the molecule is CC(=O)N(OS(=O)(=O)O)c1ccc(-c2ccccc2)cc1.[K]. The molecule has 1 radical (unpaired) electrons. The molecule has 0 fully saturated rings. The zero-order valence-electron chi connectivity index (χ0n) is 12.1. The first-order valence-corrected chi connectivity index (χ1v) is 7.36. The van der Waals surface area contributed by atoms with Crippen LogP contribution in [0, 0.1) is 0 Å². The van der Waals surface area contributed by atoms with Crippen molar-refractivity contribution in [1.29, 1.82) is 0 Å². The average Bonchev–Trinajstić information content (AvgIpc) is 2.45. The van der Waals surface area contributed by atoms with E-state index >= 15 is 0 Å². The number of hydrogen-bond donors (Lipinski definition) is 1. The molecule has 1 N–H and O–H groups in total.